The molecule has 0 spiro atoms. The molecule has 0 saturated heterocycles. The summed E-state index contributed by atoms with van der Waals surface area (Å²) < 4.78 is 0. The molecule has 0 unspecified atom stereocenters. The van der Waals surface area contributed by atoms with Crippen molar-refractivity contribution in [2.24, 2.45) is 0 Å². The molecule has 0 fully saturated rings. The topological polar surface area (TPSA) is 41.0 Å². The van der Waals surface area contributed by atoms with Crippen LogP contribution in [0, 0.1) is 6.92 Å². The van der Waals surface area contributed by atoms with E-state index in [2.05, 4.69) is 41.5 Å². The van der Waals surface area contributed by atoms with Crippen molar-refractivity contribution in [2.45, 2.75) is 39.8 Å². The third-order valence-electron chi connectivity index (χ3n) is 2.99. The van der Waals surface area contributed by atoms with Crippen molar-refractivity contribution in [3.8, 4) is 0 Å². The molecule has 1 N–H and O–H groups in total. The van der Waals surface area contributed by atoms with Crippen molar-refractivity contribution < 1.29 is 0 Å². The minimum Gasteiger partial charge on any atom is -0.345 e. The number of hydrogen-bond acceptors (Lipinski definition) is 6. The maximum Gasteiger partial charge on any atom is 0.185 e. The lowest BCUT2D eigenvalue weighted by Crippen LogP contribution is -2.16. The van der Waals surface area contributed by atoms with Gasteiger partial charge in [0.2, 0.25) is 0 Å². The Balaban J connectivity index is 2.16. The summed E-state index contributed by atoms with van der Waals surface area (Å²) in [6.45, 7) is 8.13. The minimum absolute atomic E-state index is 0.457. The maximum absolute atomic E-state index is 4.81. The van der Waals surface area contributed by atoms with E-state index < -0.39 is 0 Å². The van der Waals surface area contributed by atoms with Crippen molar-refractivity contribution in [1.29, 1.82) is 0 Å². The van der Waals surface area contributed by atoms with Crippen LogP contribution >= 0.6 is 22.7 Å². The fourth-order valence-electron chi connectivity index (χ4n) is 2.04. The van der Waals surface area contributed by atoms with Crippen LogP contribution in [0.3, 0.4) is 0 Å². The first kappa shape index (κ1) is 15.4. The zero-order valence-corrected chi connectivity index (χ0v) is 14.4. The van der Waals surface area contributed by atoms with Crippen molar-refractivity contribution in [1.82, 2.24) is 15.3 Å². The second kappa shape index (κ2) is 6.65. The highest BCUT2D eigenvalue weighted by atomic mass is 32.1. The third-order valence-corrected chi connectivity index (χ3v) is 5.00. The van der Waals surface area contributed by atoms with Gasteiger partial charge in [-0.05, 0) is 19.9 Å². The Bertz CT molecular complexity index is 559. The summed E-state index contributed by atoms with van der Waals surface area (Å²) in [6, 6.07) is 0. The highest BCUT2D eigenvalue weighted by molar-refractivity contribution is 7.15. The molecule has 20 heavy (non-hydrogen) atoms. The molecule has 0 radical (unpaired) electrons. The number of rotatable bonds is 6. The zero-order chi connectivity index (χ0) is 14.7. The maximum atomic E-state index is 4.81. The van der Waals surface area contributed by atoms with Crippen LogP contribution < -0.4 is 10.2 Å². The average molecular weight is 310 g/mol. The van der Waals surface area contributed by atoms with Gasteiger partial charge in [0.25, 0.3) is 0 Å². The largest absolute Gasteiger partial charge is 0.345 e. The molecule has 0 bridgehead atoms. The molecule has 0 aliphatic heterocycles. The fraction of sp³-hybridized carbons (Fsp3) is 0.571. The van der Waals surface area contributed by atoms with Gasteiger partial charge in [-0.15, -0.1) is 22.7 Å². The summed E-state index contributed by atoms with van der Waals surface area (Å²) in [5.74, 6) is 0.457. The first-order chi connectivity index (χ1) is 9.51. The number of nitrogens with one attached hydrogen (secondary N) is 1. The van der Waals surface area contributed by atoms with Gasteiger partial charge < -0.3 is 10.2 Å². The van der Waals surface area contributed by atoms with Crippen LogP contribution in [0.4, 0.5) is 5.13 Å². The molecule has 0 atom stereocenters. The van der Waals surface area contributed by atoms with Gasteiger partial charge >= 0.3 is 0 Å². The average Bonchev–Trinajstić information content (AvgIpc) is 2.96. The van der Waals surface area contributed by atoms with Crippen LogP contribution in [-0.4, -0.2) is 24.1 Å². The fourth-order valence-corrected chi connectivity index (χ4v) is 3.83. The molecule has 2 rings (SSSR count). The summed E-state index contributed by atoms with van der Waals surface area (Å²) in [5, 5.41) is 7.54. The van der Waals surface area contributed by atoms with Crippen LogP contribution in [0.2, 0.25) is 0 Å². The number of hydrogen-bond donors (Lipinski definition) is 1. The van der Waals surface area contributed by atoms with Gasteiger partial charge in [0.1, 0.15) is 0 Å². The molecule has 110 valence electrons. The smallest absolute Gasteiger partial charge is 0.185 e. The molecule has 0 aromatic carbocycles. The van der Waals surface area contributed by atoms with Crippen LogP contribution in [-0.2, 0) is 13.1 Å². The molecule has 2 heterocycles. The van der Waals surface area contributed by atoms with E-state index in [1.165, 1.54) is 10.6 Å². The minimum atomic E-state index is 0.457. The van der Waals surface area contributed by atoms with Gasteiger partial charge in [0, 0.05) is 23.8 Å². The van der Waals surface area contributed by atoms with Crippen LogP contribution in [0.15, 0.2) is 5.38 Å². The molecule has 4 nitrogen and oxygen atoms in total. The summed E-state index contributed by atoms with van der Waals surface area (Å²) >= 11 is 3.47. The molecular weight excluding hydrogens is 288 g/mol. The van der Waals surface area contributed by atoms with Crippen molar-refractivity contribution in [3.05, 3.63) is 26.7 Å². The first-order valence-corrected chi connectivity index (χ1v) is 8.47. The predicted octanol–water partition coefficient (Wildman–Crippen LogP) is 3.39. The second-order valence-electron chi connectivity index (χ2n) is 5.20. The highest BCUT2D eigenvalue weighted by Crippen LogP contribution is 2.30. The lowest BCUT2D eigenvalue weighted by atomic mass is 10.1. The quantitative estimate of drug-likeness (QED) is 0.888. The highest BCUT2D eigenvalue weighted by Gasteiger charge is 2.16. The normalized spacial score (nSPS) is 11.3. The summed E-state index contributed by atoms with van der Waals surface area (Å²) in [4.78, 5) is 12.8. The van der Waals surface area contributed by atoms with Crippen molar-refractivity contribution in [2.75, 3.05) is 19.0 Å². The Labute approximate surface area is 128 Å². The zero-order valence-electron chi connectivity index (χ0n) is 12.7. The molecule has 0 saturated carbocycles. The van der Waals surface area contributed by atoms with Crippen LogP contribution in [0.1, 0.15) is 41.0 Å². The summed E-state index contributed by atoms with van der Waals surface area (Å²) in [5.41, 5.74) is 2.33. The number of thiazole rings is 2. The Morgan fingerprint density at radius 2 is 2.10 bits per heavy atom. The summed E-state index contributed by atoms with van der Waals surface area (Å²) in [7, 11) is 4.06. The van der Waals surface area contributed by atoms with Gasteiger partial charge in [-0.1, -0.05) is 13.8 Å². The second-order valence-corrected chi connectivity index (χ2v) is 7.33. The van der Waals surface area contributed by atoms with Gasteiger partial charge in [-0.2, -0.15) is 0 Å². The van der Waals surface area contributed by atoms with Gasteiger partial charge in [0.05, 0.1) is 22.9 Å². The molecule has 2 aromatic rings. The van der Waals surface area contributed by atoms with Gasteiger partial charge in [0.15, 0.2) is 5.13 Å². The molecule has 6 heteroatoms. The van der Waals surface area contributed by atoms with E-state index in [-0.39, 0.29) is 0 Å². The van der Waals surface area contributed by atoms with E-state index in [0.29, 0.717) is 5.92 Å². The number of anilines is 1. The lowest BCUT2D eigenvalue weighted by Gasteiger charge is -2.13. The number of aryl methyl sites for hydroxylation is 1. The van der Waals surface area contributed by atoms with E-state index in [1.54, 1.807) is 22.7 Å². The van der Waals surface area contributed by atoms with E-state index in [9.17, 15) is 0 Å². The van der Waals surface area contributed by atoms with Crippen molar-refractivity contribution in [3.63, 3.8) is 0 Å². The SMILES string of the molecule is CNCc1sc(N(C)Cc2csc(C)n2)nc1C(C)C. The van der Waals surface area contributed by atoms with Gasteiger partial charge in [-0.3, -0.25) is 0 Å². The Morgan fingerprint density at radius 3 is 2.65 bits per heavy atom. The molecule has 0 aliphatic carbocycles. The van der Waals surface area contributed by atoms with E-state index >= 15 is 0 Å². The Kier molecular flexibility index (Phi) is 5.12. The predicted molar refractivity (Wildman–Crippen MR) is 87.9 cm³/mol. The van der Waals surface area contributed by atoms with Crippen LogP contribution in [0.5, 0.6) is 0 Å². The first-order valence-electron chi connectivity index (χ1n) is 6.77. The number of nitrogens with zero attached hydrogens (tertiary/aromatic N) is 3. The van der Waals surface area contributed by atoms with E-state index in [4.69, 9.17) is 4.98 Å². The van der Waals surface area contributed by atoms with E-state index in [0.717, 1.165) is 28.9 Å². The monoisotopic (exact) mass is 310 g/mol. The Hall–Kier alpha value is -0.980. The standard InChI is InChI=1S/C14H22N4S2/c1-9(2)13-12(6-15-4)20-14(17-13)18(5)7-11-8-19-10(3)16-11/h8-9,15H,6-7H2,1-5H3. The van der Waals surface area contributed by atoms with E-state index in [1.807, 2.05) is 14.0 Å². The molecule has 2 aromatic heterocycles. The Morgan fingerprint density at radius 1 is 1.35 bits per heavy atom. The van der Waals surface area contributed by atoms with Crippen LogP contribution in [0.25, 0.3) is 0 Å². The number of aromatic nitrogens is 2. The lowest BCUT2D eigenvalue weighted by molar-refractivity contribution is 0.767. The van der Waals surface area contributed by atoms with Crippen molar-refractivity contribution >= 4 is 27.8 Å². The molecule has 0 aliphatic rings. The summed E-state index contributed by atoms with van der Waals surface area (Å²) in [6.07, 6.45) is 0. The third kappa shape index (κ3) is 3.56. The molecular formula is C14H22N4S2. The molecule has 0 amide bonds. The van der Waals surface area contributed by atoms with Gasteiger partial charge in [-0.25, -0.2) is 9.97 Å².